The van der Waals surface area contributed by atoms with Crippen LogP contribution in [0, 0.1) is 29.1 Å². The molecule has 2 aliphatic carbocycles. The second kappa shape index (κ2) is 9.63. The molecule has 2 aromatic rings. The number of aliphatic hydroxyl groups excluding tert-OH is 2. The summed E-state index contributed by atoms with van der Waals surface area (Å²) in [6.45, 7) is 9.97. The first-order chi connectivity index (χ1) is 16.9. The topological polar surface area (TPSA) is 119 Å². The van der Waals surface area contributed by atoms with Crippen LogP contribution in [-0.2, 0) is 9.53 Å². The predicted octanol–water partition coefficient (Wildman–Crippen LogP) is 4.13. The summed E-state index contributed by atoms with van der Waals surface area (Å²) < 4.78 is 16.1. The van der Waals surface area contributed by atoms with Crippen LogP contribution in [0.25, 0.3) is 11.3 Å². The molecule has 0 spiro atoms. The third-order valence-electron chi connectivity index (χ3n) is 9.11. The molecule has 2 fully saturated rings. The lowest BCUT2D eigenvalue weighted by atomic mass is 9.45. The molecule has 5 rings (SSSR count). The van der Waals surface area contributed by atoms with Crippen LogP contribution in [0.5, 0.6) is 5.75 Å². The Morgan fingerprint density at radius 2 is 1.94 bits per heavy atom. The lowest BCUT2D eigenvalue weighted by Gasteiger charge is -2.63. The maximum atomic E-state index is 13.0. The Bertz CT molecular complexity index is 1160. The van der Waals surface area contributed by atoms with Gasteiger partial charge in [-0.2, -0.15) is 0 Å². The van der Waals surface area contributed by atoms with Crippen LogP contribution in [0.2, 0.25) is 0 Å². The van der Waals surface area contributed by atoms with Crippen molar-refractivity contribution in [2.24, 2.45) is 29.1 Å². The van der Waals surface area contributed by atoms with Crippen molar-refractivity contribution < 1.29 is 28.9 Å². The molecular formula is C28H37NO7. The number of hydrogen-bond donors (Lipinski definition) is 2. The van der Waals surface area contributed by atoms with E-state index in [1.54, 1.807) is 30.6 Å². The van der Waals surface area contributed by atoms with Gasteiger partial charge in [0.2, 0.25) is 0 Å². The van der Waals surface area contributed by atoms with Crippen molar-refractivity contribution >= 4 is 5.97 Å². The highest BCUT2D eigenvalue weighted by atomic mass is 16.5. The zero-order chi connectivity index (χ0) is 26.4. The second-order valence-electron chi connectivity index (χ2n) is 11.1. The fourth-order valence-electron chi connectivity index (χ4n) is 6.88. The van der Waals surface area contributed by atoms with Gasteiger partial charge in [0.25, 0.3) is 0 Å². The number of carbonyl (C=O) groups is 1. The van der Waals surface area contributed by atoms with Gasteiger partial charge in [0.1, 0.15) is 22.7 Å². The molecule has 1 aliphatic heterocycles. The Morgan fingerprint density at radius 3 is 2.56 bits per heavy atom. The number of fused-ring (bicyclic) bond motifs is 4. The third-order valence-corrected chi connectivity index (χ3v) is 9.11. The van der Waals surface area contributed by atoms with Gasteiger partial charge in [-0.05, 0) is 61.5 Å². The van der Waals surface area contributed by atoms with Crippen LogP contribution in [0.3, 0.4) is 0 Å². The van der Waals surface area contributed by atoms with Crippen molar-refractivity contribution in [2.45, 2.75) is 71.7 Å². The van der Waals surface area contributed by atoms with E-state index in [2.05, 4.69) is 30.5 Å². The largest absolute Gasteiger partial charge is 0.484 e. The third kappa shape index (κ3) is 4.24. The molecule has 0 radical (unpaired) electrons. The molecule has 3 aliphatic rings. The molecule has 0 bridgehead atoms. The minimum absolute atomic E-state index is 0.162. The Labute approximate surface area is 211 Å². The van der Waals surface area contributed by atoms with E-state index in [9.17, 15) is 19.8 Å². The fourth-order valence-corrected chi connectivity index (χ4v) is 6.88. The monoisotopic (exact) mass is 499 g/mol. The number of methoxy groups -OCH3 is 1. The van der Waals surface area contributed by atoms with Gasteiger partial charge in [-0.15, -0.1) is 0 Å². The highest BCUT2D eigenvalue weighted by Gasteiger charge is 2.66. The van der Waals surface area contributed by atoms with Gasteiger partial charge in [-0.25, -0.2) is 4.79 Å². The standard InChI is InChI=1S/C25H31NO5.C3H6O2/c1-13-7-8-24(3)16(14(13)2)10-19(27)25(4)22(24)21(28)20-18(31-25)11-17(30-23(20)29)15-6-5-9-26-12-15;1-3(4)5-2/h5-6,9,11-14,16,19,21-22,27-28H,7-8,10H2,1-4H3;1-2H3. The molecule has 196 valence electrons. The predicted molar refractivity (Wildman–Crippen MR) is 133 cm³/mol. The summed E-state index contributed by atoms with van der Waals surface area (Å²) in [5.74, 6) is 1.23. The SMILES string of the molecule is CC1CCC2(C)C(CC(O)C3(C)Oc4cc(-c5cccnc5)oc(=O)c4C(O)C23)C1C.COC(C)=O. The van der Waals surface area contributed by atoms with Gasteiger partial charge in [-0.1, -0.05) is 20.8 Å². The first kappa shape index (κ1) is 26.4. The van der Waals surface area contributed by atoms with Gasteiger partial charge < -0.3 is 24.1 Å². The lowest BCUT2D eigenvalue weighted by Crippen LogP contribution is -2.68. The average Bonchev–Trinajstić information content (AvgIpc) is 2.84. The minimum Gasteiger partial charge on any atom is -0.484 e. The van der Waals surface area contributed by atoms with Crippen LogP contribution in [-0.4, -0.2) is 40.0 Å². The molecule has 0 amide bonds. The van der Waals surface area contributed by atoms with Crippen LogP contribution < -0.4 is 10.4 Å². The highest BCUT2D eigenvalue weighted by Crippen LogP contribution is 2.64. The summed E-state index contributed by atoms with van der Waals surface area (Å²) in [4.78, 5) is 26.7. The number of ether oxygens (including phenoxy) is 2. The molecule has 8 nitrogen and oxygen atoms in total. The molecule has 0 saturated heterocycles. The molecule has 3 heterocycles. The molecule has 2 N–H and O–H groups in total. The van der Waals surface area contributed by atoms with Gasteiger partial charge in [0.05, 0.1) is 19.3 Å². The number of rotatable bonds is 1. The fraction of sp³-hybridized carbons (Fsp3) is 0.607. The van der Waals surface area contributed by atoms with Gasteiger partial charge in [0, 0.05) is 36.9 Å². The van der Waals surface area contributed by atoms with E-state index < -0.39 is 29.4 Å². The van der Waals surface area contributed by atoms with Crippen LogP contribution in [0.4, 0.5) is 0 Å². The Kier molecular flexibility index (Phi) is 7.05. The van der Waals surface area contributed by atoms with E-state index in [1.807, 2.05) is 6.92 Å². The van der Waals surface area contributed by atoms with Crippen molar-refractivity contribution in [1.29, 1.82) is 0 Å². The summed E-state index contributed by atoms with van der Waals surface area (Å²) in [6, 6.07) is 5.21. The molecule has 2 aromatic heterocycles. The van der Waals surface area contributed by atoms with Gasteiger partial charge in [0.15, 0.2) is 0 Å². The quantitative estimate of drug-likeness (QED) is 0.562. The van der Waals surface area contributed by atoms with E-state index in [1.165, 1.54) is 14.0 Å². The number of hydrogen-bond acceptors (Lipinski definition) is 8. The molecule has 8 heteroatoms. The first-order valence-electron chi connectivity index (χ1n) is 12.6. The highest BCUT2D eigenvalue weighted by molar-refractivity contribution is 5.65. The summed E-state index contributed by atoms with van der Waals surface area (Å²) in [5, 5.41) is 22.8. The van der Waals surface area contributed by atoms with E-state index in [0.29, 0.717) is 35.3 Å². The van der Waals surface area contributed by atoms with Crippen molar-refractivity contribution in [3.8, 4) is 17.1 Å². The van der Waals surface area contributed by atoms with E-state index >= 15 is 0 Å². The lowest BCUT2D eigenvalue weighted by molar-refractivity contribution is -0.237. The Balaban J connectivity index is 0.000000556. The summed E-state index contributed by atoms with van der Waals surface area (Å²) in [7, 11) is 1.35. The zero-order valence-electron chi connectivity index (χ0n) is 21.9. The maximum absolute atomic E-state index is 13.0. The number of esters is 1. The first-order valence-corrected chi connectivity index (χ1v) is 12.6. The van der Waals surface area contributed by atoms with E-state index in [-0.39, 0.29) is 22.9 Å². The normalized spacial score (nSPS) is 36.7. The van der Waals surface area contributed by atoms with Crippen LogP contribution in [0.15, 0.2) is 39.8 Å². The second-order valence-corrected chi connectivity index (χ2v) is 11.1. The summed E-state index contributed by atoms with van der Waals surface area (Å²) in [6.07, 6.45) is 4.09. The van der Waals surface area contributed by atoms with E-state index in [4.69, 9.17) is 9.15 Å². The Hall–Kier alpha value is -2.71. The van der Waals surface area contributed by atoms with E-state index in [0.717, 1.165) is 12.8 Å². The number of nitrogens with zero attached hydrogens (tertiary/aromatic N) is 1. The van der Waals surface area contributed by atoms with Crippen LogP contribution in [0.1, 0.15) is 65.5 Å². The summed E-state index contributed by atoms with van der Waals surface area (Å²) in [5.41, 5.74) is -1.01. The van der Waals surface area contributed by atoms with Crippen LogP contribution >= 0.6 is 0 Å². The van der Waals surface area contributed by atoms with Crippen molar-refractivity contribution in [2.75, 3.05) is 7.11 Å². The number of aromatic nitrogens is 1. The number of aliphatic hydroxyl groups is 2. The minimum atomic E-state index is -1.06. The number of carbonyl (C=O) groups excluding carboxylic acids is 1. The van der Waals surface area contributed by atoms with Gasteiger partial charge >= 0.3 is 11.6 Å². The molecule has 2 saturated carbocycles. The summed E-state index contributed by atoms with van der Waals surface area (Å²) >= 11 is 0. The molecular weight excluding hydrogens is 462 g/mol. The van der Waals surface area contributed by atoms with Gasteiger partial charge in [-0.3, -0.25) is 9.78 Å². The number of pyridine rings is 1. The molecule has 8 atom stereocenters. The maximum Gasteiger partial charge on any atom is 0.345 e. The molecule has 8 unspecified atom stereocenters. The van der Waals surface area contributed by atoms with Crippen molar-refractivity contribution in [3.63, 3.8) is 0 Å². The average molecular weight is 500 g/mol. The molecule has 36 heavy (non-hydrogen) atoms. The zero-order valence-corrected chi connectivity index (χ0v) is 21.9. The Morgan fingerprint density at radius 1 is 1.25 bits per heavy atom. The van der Waals surface area contributed by atoms with Crippen molar-refractivity contribution in [3.05, 3.63) is 46.6 Å². The van der Waals surface area contributed by atoms with Crippen molar-refractivity contribution in [1.82, 2.24) is 4.98 Å². The molecule has 0 aromatic carbocycles. The smallest absolute Gasteiger partial charge is 0.345 e.